The molecule has 1 saturated carbocycles. The number of rotatable bonds is 2. The number of nitrogens with zero attached hydrogens (tertiary/aromatic N) is 1. The third-order valence-electron chi connectivity index (χ3n) is 5.68. The third-order valence-corrected chi connectivity index (χ3v) is 5.68. The van der Waals surface area contributed by atoms with Gasteiger partial charge in [-0.15, -0.1) is 0 Å². The average molecular weight is 317 g/mol. The van der Waals surface area contributed by atoms with Crippen LogP contribution in [0.4, 0.5) is 0 Å². The van der Waals surface area contributed by atoms with E-state index >= 15 is 0 Å². The van der Waals surface area contributed by atoms with Crippen LogP contribution in [0.1, 0.15) is 49.8 Å². The van der Waals surface area contributed by atoms with Crippen LogP contribution in [0.2, 0.25) is 0 Å². The molecule has 1 heterocycles. The maximum absolute atomic E-state index is 8.50. The van der Waals surface area contributed by atoms with Crippen molar-refractivity contribution in [3.8, 4) is 11.3 Å². The fraction of sp³-hybridized carbons (Fsp3) is 0.348. The van der Waals surface area contributed by atoms with Crippen molar-refractivity contribution < 1.29 is 5.94 Å². The molecule has 0 unspecified atom stereocenters. The minimum Gasteiger partial charge on any atom is -0.198 e. The van der Waals surface area contributed by atoms with Gasteiger partial charge in [0.25, 0.3) is 0 Å². The van der Waals surface area contributed by atoms with Crippen molar-refractivity contribution in [2.24, 2.45) is 7.05 Å². The Labute approximate surface area is 146 Å². The van der Waals surface area contributed by atoms with E-state index in [1.807, 2.05) is 6.07 Å². The summed E-state index contributed by atoms with van der Waals surface area (Å²) in [7, 11) is 2.09. The quantitative estimate of drug-likeness (QED) is 0.541. The monoisotopic (exact) mass is 317 g/mol. The highest BCUT2D eigenvalue weighted by Crippen LogP contribution is 2.37. The zero-order chi connectivity index (χ0) is 17.6. The molecule has 0 N–H and O–H groups in total. The molecule has 2 aromatic carbocycles. The van der Waals surface area contributed by atoms with E-state index in [0.29, 0.717) is 12.0 Å². The van der Waals surface area contributed by atoms with Gasteiger partial charge in [-0.05, 0) is 54.3 Å². The van der Waals surface area contributed by atoms with Gasteiger partial charge >= 0.3 is 0 Å². The van der Waals surface area contributed by atoms with Crippen LogP contribution in [0.25, 0.3) is 22.0 Å². The Balaban J connectivity index is 2.00. The Morgan fingerprint density at radius 2 is 1.79 bits per heavy atom. The highest BCUT2D eigenvalue weighted by Gasteiger charge is 2.22. The van der Waals surface area contributed by atoms with Crippen LogP contribution >= 0.6 is 0 Å². The predicted molar refractivity (Wildman–Crippen MR) is 101 cm³/mol. The fourth-order valence-corrected chi connectivity index (χ4v) is 4.16. The van der Waals surface area contributed by atoms with Gasteiger partial charge in [0.2, 0.25) is 5.69 Å². The van der Waals surface area contributed by atoms with Crippen LogP contribution in [0.15, 0.2) is 48.5 Å². The van der Waals surface area contributed by atoms with Crippen LogP contribution in [-0.2, 0) is 7.05 Å². The minimum absolute atomic E-state index is 0.631. The summed E-state index contributed by atoms with van der Waals surface area (Å²) in [5.41, 5.74) is 6.35. The fourth-order valence-electron chi connectivity index (χ4n) is 4.16. The van der Waals surface area contributed by atoms with Gasteiger partial charge in [-0.3, -0.25) is 0 Å². The first-order valence-corrected chi connectivity index (χ1v) is 9.06. The van der Waals surface area contributed by atoms with Crippen LogP contribution < -0.4 is 4.57 Å². The topological polar surface area (TPSA) is 3.88 Å². The van der Waals surface area contributed by atoms with Crippen molar-refractivity contribution in [1.29, 1.82) is 0 Å². The molecule has 1 aliphatic carbocycles. The predicted octanol–water partition coefficient (Wildman–Crippen LogP) is 5.61. The van der Waals surface area contributed by atoms with E-state index in [1.54, 1.807) is 0 Å². The normalized spacial score (nSPS) is 15.9. The summed E-state index contributed by atoms with van der Waals surface area (Å²) in [5, 5.41) is 2.21. The summed E-state index contributed by atoms with van der Waals surface area (Å²) in [6.07, 6.45) is 5.36. The number of aromatic nitrogens is 1. The molecule has 0 bridgehead atoms. The molecular formula is C23H26N+. The van der Waals surface area contributed by atoms with Crippen molar-refractivity contribution in [1.82, 2.24) is 0 Å². The number of pyridine rings is 1. The van der Waals surface area contributed by atoms with Gasteiger partial charge in [-0.2, -0.15) is 4.57 Å². The molecule has 1 fully saturated rings. The van der Waals surface area contributed by atoms with E-state index in [1.165, 1.54) is 53.5 Å². The number of hydrogen-bond acceptors (Lipinski definition) is 0. The van der Waals surface area contributed by atoms with Gasteiger partial charge in [0.15, 0.2) is 5.69 Å². The molecule has 1 aliphatic rings. The van der Waals surface area contributed by atoms with Crippen LogP contribution in [0, 0.1) is 13.8 Å². The largest absolute Gasteiger partial charge is 0.220 e. The second kappa shape index (κ2) is 6.05. The molecule has 0 aliphatic heterocycles. The number of benzene rings is 2. The highest BCUT2D eigenvalue weighted by molar-refractivity contribution is 5.93. The number of aryl methyl sites for hydroxylation is 1. The van der Waals surface area contributed by atoms with E-state index < -0.39 is 0 Å². The molecule has 1 heteroatoms. The molecule has 1 nitrogen and oxygen atoms in total. The van der Waals surface area contributed by atoms with Crippen molar-refractivity contribution in [2.45, 2.75) is 45.4 Å². The van der Waals surface area contributed by atoms with Crippen molar-refractivity contribution in [3.63, 3.8) is 0 Å². The lowest BCUT2D eigenvalue weighted by Gasteiger charge is -2.14. The Morgan fingerprint density at radius 3 is 2.58 bits per heavy atom. The van der Waals surface area contributed by atoms with Gasteiger partial charge < -0.3 is 0 Å². The van der Waals surface area contributed by atoms with E-state index in [-0.39, 0.29) is 0 Å². The maximum Gasteiger partial charge on any atom is 0.220 e. The molecule has 0 atom stereocenters. The first-order chi connectivity index (χ1) is 12.1. The molecule has 4 rings (SSSR count). The second-order valence-corrected chi connectivity index (χ2v) is 7.22. The Morgan fingerprint density at radius 1 is 1.04 bits per heavy atom. The van der Waals surface area contributed by atoms with E-state index in [2.05, 4.69) is 61.9 Å². The standard InChI is InChI=1S/C23H26N/c1-16-12-13-19(18-8-4-5-9-18)15-22(16)23-21-11-7-6-10-20(21)14-17(2)24(23)3/h6-7,10-15,18H,4-5,8-9H2,1-3H3/q+1/i14D. The summed E-state index contributed by atoms with van der Waals surface area (Å²) >= 11 is 0. The molecule has 24 heavy (non-hydrogen) atoms. The van der Waals surface area contributed by atoms with E-state index in [4.69, 9.17) is 1.37 Å². The Bertz CT molecular complexity index is 952. The summed E-state index contributed by atoms with van der Waals surface area (Å²) in [4.78, 5) is 0. The molecule has 1 aromatic heterocycles. The molecule has 0 saturated heterocycles. The lowest BCUT2D eigenvalue weighted by molar-refractivity contribution is -0.665. The van der Waals surface area contributed by atoms with Gasteiger partial charge in [-0.1, -0.05) is 43.2 Å². The summed E-state index contributed by atoms with van der Waals surface area (Å²) in [6, 6.07) is 16.0. The van der Waals surface area contributed by atoms with E-state index in [9.17, 15) is 0 Å². The zero-order valence-electron chi connectivity index (χ0n) is 15.9. The van der Waals surface area contributed by atoms with E-state index in [0.717, 1.165) is 11.1 Å². The van der Waals surface area contributed by atoms with Crippen LogP contribution in [-0.4, -0.2) is 0 Å². The highest BCUT2D eigenvalue weighted by atomic mass is 14.9. The second-order valence-electron chi connectivity index (χ2n) is 7.22. The SMILES string of the molecule is [2H]c1c(C)[n+](C)c(-c2cc(C3CCCC3)ccc2C)c2ccccc12. The Kier molecular flexibility index (Phi) is 3.58. The van der Waals surface area contributed by atoms with Gasteiger partial charge in [0.05, 0.1) is 6.76 Å². The molecule has 0 spiro atoms. The Hall–Kier alpha value is -2.15. The third kappa shape index (κ3) is 2.53. The van der Waals surface area contributed by atoms with Gasteiger partial charge in [0.1, 0.15) is 7.05 Å². The zero-order valence-corrected chi connectivity index (χ0v) is 14.9. The molecular weight excluding hydrogens is 290 g/mol. The molecule has 0 amide bonds. The van der Waals surface area contributed by atoms with Gasteiger partial charge in [-0.25, -0.2) is 0 Å². The lowest BCUT2D eigenvalue weighted by Crippen LogP contribution is -2.35. The molecule has 122 valence electrons. The maximum atomic E-state index is 8.50. The summed E-state index contributed by atoms with van der Waals surface area (Å²) in [5.74, 6) is 0.715. The smallest absolute Gasteiger partial charge is 0.198 e. The van der Waals surface area contributed by atoms with Crippen LogP contribution in [0.5, 0.6) is 0 Å². The van der Waals surface area contributed by atoms with Crippen molar-refractivity contribution >= 4 is 10.8 Å². The first-order valence-electron chi connectivity index (χ1n) is 9.56. The average Bonchev–Trinajstić information content (AvgIpc) is 3.16. The lowest BCUT2D eigenvalue weighted by atomic mass is 9.91. The number of fused-ring (bicyclic) bond motifs is 1. The summed E-state index contributed by atoms with van der Waals surface area (Å²) in [6.45, 7) is 4.25. The van der Waals surface area contributed by atoms with Gasteiger partial charge in [0, 0.05) is 18.5 Å². The molecule has 3 aromatic rings. The first kappa shape index (κ1) is 14.2. The summed E-state index contributed by atoms with van der Waals surface area (Å²) < 4.78 is 10.7. The minimum atomic E-state index is 0.631. The van der Waals surface area contributed by atoms with Crippen molar-refractivity contribution in [2.75, 3.05) is 0 Å². The molecule has 0 radical (unpaired) electrons. The number of hydrogen-bond donors (Lipinski definition) is 0. The van der Waals surface area contributed by atoms with Crippen molar-refractivity contribution in [3.05, 3.63) is 65.3 Å². The van der Waals surface area contributed by atoms with Crippen LogP contribution in [0.3, 0.4) is 0 Å².